The van der Waals surface area contributed by atoms with Gasteiger partial charge < -0.3 is 0 Å². The maximum Gasteiger partial charge on any atom is 0.269 e. The molecule has 0 spiro atoms. The van der Waals surface area contributed by atoms with E-state index in [0.717, 1.165) is 5.39 Å². The molecule has 0 bridgehead atoms. The highest BCUT2D eigenvalue weighted by molar-refractivity contribution is 7.92. The molecule has 0 radical (unpaired) electrons. The zero-order valence-electron chi connectivity index (χ0n) is 15.8. The van der Waals surface area contributed by atoms with Gasteiger partial charge in [-0.15, -0.1) is 0 Å². The second-order valence-corrected chi connectivity index (χ2v) is 8.47. The summed E-state index contributed by atoms with van der Waals surface area (Å²) < 4.78 is 28.4. The van der Waals surface area contributed by atoms with Crippen LogP contribution in [0.15, 0.2) is 96.0 Å². The Morgan fingerprint density at radius 3 is 2.40 bits per heavy atom. The molecule has 3 aromatic carbocycles. The van der Waals surface area contributed by atoms with Gasteiger partial charge in [-0.3, -0.25) is 19.4 Å². The van der Waals surface area contributed by atoms with Crippen molar-refractivity contribution >= 4 is 32.3 Å². The first kappa shape index (κ1) is 19.5. The maximum atomic E-state index is 13.6. The molecule has 0 unspecified atom stereocenters. The lowest BCUT2D eigenvalue weighted by Crippen LogP contribution is -2.31. The summed E-state index contributed by atoms with van der Waals surface area (Å²) >= 11 is 0. The van der Waals surface area contributed by atoms with Gasteiger partial charge in [0, 0.05) is 23.7 Å². The third kappa shape index (κ3) is 3.72. The summed E-state index contributed by atoms with van der Waals surface area (Å²) in [6, 6.07) is 23.0. The molecule has 4 aromatic rings. The lowest BCUT2D eigenvalue weighted by atomic mass is 10.1. The SMILES string of the molecule is O=[N+]([O-])c1cccc(CN(c2cccc3cccnc23)S(=O)(=O)c2ccccc2)c1. The average Bonchev–Trinajstić information content (AvgIpc) is 2.78. The molecule has 0 aliphatic heterocycles. The van der Waals surface area contributed by atoms with E-state index in [4.69, 9.17) is 0 Å². The minimum Gasteiger partial charge on any atom is -0.260 e. The zero-order chi connectivity index (χ0) is 21.1. The third-order valence-corrected chi connectivity index (χ3v) is 6.43. The summed E-state index contributed by atoms with van der Waals surface area (Å²) in [6.45, 7) is -0.0748. The van der Waals surface area contributed by atoms with E-state index in [1.807, 2.05) is 12.1 Å². The van der Waals surface area contributed by atoms with Crippen molar-refractivity contribution in [1.82, 2.24) is 4.98 Å². The molecule has 30 heavy (non-hydrogen) atoms. The lowest BCUT2D eigenvalue weighted by Gasteiger charge is -2.25. The predicted octanol–water partition coefficient (Wildman–Crippen LogP) is 4.54. The molecule has 0 N–H and O–H groups in total. The number of sulfonamides is 1. The molecule has 0 fully saturated rings. The van der Waals surface area contributed by atoms with Crippen LogP contribution in [0.3, 0.4) is 0 Å². The van der Waals surface area contributed by atoms with Crippen molar-refractivity contribution in [3.63, 3.8) is 0 Å². The molecular formula is C22H17N3O4S. The zero-order valence-corrected chi connectivity index (χ0v) is 16.6. The molecule has 0 saturated heterocycles. The largest absolute Gasteiger partial charge is 0.269 e. The minimum atomic E-state index is -3.95. The van der Waals surface area contributed by atoms with E-state index < -0.39 is 14.9 Å². The predicted molar refractivity (Wildman–Crippen MR) is 115 cm³/mol. The highest BCUT2D eigenvalue weighted by Crippen LogP contribution is 2.31. The molecule has 8 heteroatoms. The van der Waals surface area contributed by atoms with Gasteiger partial charge in [0.1, 0.15) is 0 Å². The Morgan fingerprint density at radius 2 is 1.63 bits per heavy atom. The van der Waals surface area contributed by atoms with Crippen molar-refractivity contribution in [3.05, 3.63) is 107 Å². The highest BCUT2D eigenvalue weighted by atomic mass is 32.2. The van der Waals surface area contributed by atoms with E-state index >= 15 is 0 Å². The number of nitro groups is 1. The van der Waals surface area contributed by atoms with Crippen LogP contribution in [-0.2, 0) is 16.6 Å². The summed E-state index contributed by atoms with van der Waals surface area (Å²) in [7, 11) is -3.95. The maximum absolute atomic E-state index is 13.6. The van der Waals surface area contributed by atoms with Gasteiger partial charge in [0.2, 0.25) is 0 Å². The Labute approximate surface area is 173 Å². The van der Waals surface area contributed by atoms with Crippen LogP contribution in [-0.4, -0.2) is 18.3 Å². The molecule has 1 aromatic heterocycles. The van der Waals surface area contributed by atoms with Gasteiger partial charge in [-0.05, 0) is 29.8 Å². The number of pyridine rings is 1. The fraction of sp³-hybridized carbons (Fsp3) is 0.0455. The van der Waals surface area contributed by atoms with Crippen molar-refractivity contribution in [2.75, 3.05) is 4.31 Å². The molecule has 0 aliphatic carbocycles. The average molecular weight is 419 g/mol. The number of fused-ring (bicyclic) bond motifs is 1. The van der Waals surface area contributed by atoms with Crippen molar-refractivity contribution < 1.29 is 13.3 Å². The molecule has 0 aliphatic rings. The van der Waals surface area contributed by atoms with Crippen LogP contribution in [0.25, 0.3) is 10.9 Å². The summed E-state index contributed by atoms with van der Waals surface area (Å²) in [5.74, 6) is 0. The van der Waals surface area contributed by atoms with Gasteiger partial charge >= 0.3 is 0 Å². The Bertz CT molecular complexity index is 1320. The standard InChI is InChI=1S/C22H17N3O4S/c26-25(27)19-10-4-7-17(15-19)16-24(30(28,29)20-11-2-1-3-12-20)21-13-5-8-18-9-6-14-23-22(18)21/h1-15H,16H2. The lowest BCUT2D eigenvalue weighted by molar-refractivity contribution is -0.384. The minimum absolute atomic E-state index is 0.0748. The number of rotatable bonds is 6. The molecule has 0 atom stereocenters. The second-order valence-electron chi connectivity index (χ2n) is 6.60. The number of non-ortho nitro benzene ring substituents is 1. The van der Waals surface area contributed by atoms with Gasteiger partial charge in [0.05, 0.1) is 27.6 Å². The summed E-state index contributed by atoms with van der Waals surface area (Å²) in [5, 5.41) is 12.0. The van der Waals surface area contributed by atoms with Gasteiger partial charge in [0.15, 0.2) is 0 Å². The van der Waals surface area contributed by atoms with Crippen molar-refractivity contribution in [2.45, 2.75) is 11.4 Å². The van der Waals surface area contributed by atoms with Gasteiger partial charge in [0.25, 0.3) is 15.7 Å². The second kappa shape index (κ2) is 7.92. The topological polar surface area (TPSA) is 93.4 Å². The summed E-state index contributed by atoms with van der Waals surface area (Å²) in [6.07, 6.45) is 1.60. The summed E-state index contributed by atoms with van der Waals surface area (Å²) in [4.78, 5) is 15.2. The monoisotopic (exact) mass is 419 g/mol. The van der Waals surface area contributed by atoms with E-state index in [9.17, 15) is 18.5 Å². The van der Waals surface area contributed by atoms with Crippen LogP contribution in [0.5, 0.6) is 0 Å². The van der Waals surface area contributed by atoms with Crippen LogP contribution in [0, 0.1) is 10.1 Å². The van der Waals surface area contributed by atoms with E-state index in [-0.39, 0.29) is 17.1 Å². The number of para-hydroxylation sites is 1. The van der Waals surface area contributed by atoms with Crippen LogP contribution < -0.4 is 4.31 Å². The quantitative estimate of drug-likeness (QED) is 0.338. The number of hydrogen-bond donors (Lipinski definition) is 0. The number of nitro benzene ring substituents is 1. The van der Waals surface area contributed by atoms with E-state index in [1.54, 1.807) is 54.7 Å². The smallest absolute Gasteiger partial charge is 0.260 e. The fourth-order valence-electron chi connectivity index (χ4n) is 3.24. The van der Waals surface area contributed by atoms with E-state index in [2.05, 4.69) is 4.98 Å². The van der Waals surface area contributed by atoms with Crippen LogP contribution in [0.4, 0.5) is 11.4 Å². The van der Waals surface area contributed by atoms with Crippen LogP contribution in [0.1, 0.15) is 5.56 Å². The van der Waals surface area contributed by atoms with E-state index in [1.165, 1.54) is 28.6 Å². The number of nitrogens with zero attached hydrogens (tertiary/aromatic N) is 3. The Balaban J connectivity index is 1.89. The highest BCUT2D eigenvalue weighted by Gasteiger charge is 2.27. The first-order valence-corrected chi connectivity index (χ1v) is 10.6. The third-order valence-electron chi connectivity index (χ3n) is 4.66. The van der Waals surface area contributed by atoms with Gasteiger partial charge in [-0.1, -0.05) is 48.5 Å². The molecule has 1 heterocycles. The normalized spacial score (nSPS) is 11.3. The van der Waals surface area contributed by atoms with Crippen molar-refractivity contribution in [1.29, 1.82) is 0 Å². The molecule has 150 valence electrons. The van der Waals surface area contributed by atoms with Gasteiger partial charge in [-0.25, -0.2) is 8.42 Å². The number of hydrogen-bond acceptors (Lipinski definition) is 5. The molecule has 4 rings (SSSR count). The van der Waals surface area contributed by atoms with Crippen molar-refractivity contribution in [3.8, 4) is 0 Å². The molecule has 0 saturated carbocycles. The van der Waals surface area contributed by atoms with Crippen LogP contribution >= 0.6 is 0 Å². The number of aromatic nitrogens is 1. The Kier molecular flexibility index (Phi) is 5.16. The molecular weight excluding hydrogens is 402 g/mol. The van der Waals surface area contributed by atoms with Crippen LogP contribution in [0.2, 0.25) is 0 Å². The molecule has 7 nitrogen and oxygen atoms in total. The molecule has 0 amide bonds. The number of benzene rings is 3. The van der Waals surface area contributed by atoms with E-state index in [0.29, 0.717) is 16.8 Å². The fourth-order valence-corrected chi connectivity index (χ4v) is 4.72. The van der Waals surface area contributed by atoms with Gasteiger partial charge in [-0.2, -0.15) is 0 Å². The Morgan fingerprint density at radius 1 is 0.900 bits per heavy atom. The first-order chi connectivity index (χ1) is 14.5. The first-order valence-electron chi connectivity index (χ1n) is 9.12. The number of anilines is 1. The summed E-state index contributed by atoms with van der Waals surface area (Å²) in [5.41, 5.74) is 1.34. The van der Waals surface area contributed by atoms with Crippen molar-refractivity contribution in [2.24, 2.45) is 0 Å². The Hall–Kier alpha value is -3.78.